The molecule has 2 aliphatic heterocycles. The number of alkyl halides is 3. The van der Waals surface area contributed by atoms with Crippen LogP contribution in [0.15, 0.2) is 42.6 Å². The number of Topliss-reactive ketones (excluding diaryl/α,β-unsaturated/α-hetero) is 1. The Morgan fingerprint density at radius 3 is 2.21 bits per heavy atom. The second kappa shape index (κ2) is 17.5. The fourth-order valence-corrected chi connectivity index (χ4v) is 6.19. The molecule has 5 rings (SSSR count). The lowest BCUT2D eigenvalue weighted by molar-refractivity contribution is -0.137. The molecule has 2 saturated heterocycles. The van der Waals surface area contributed by atoms with E-state index in [9.17, 15) is 32.7 Å². The molecule has 16 heteroatoms. The van der Waals surface area contributed by atoms with Crippen molar-refractivity contribution in [2.75, 3.05) is 48.4 Å². The van der Waals surface area contributed by atoms with Gasteiger partial charge >= 0.3 is 12.3 Å². The summed E-state index contributed by atoms with van der Waals surface area (Å²) in [4.78, 5) is 38.9. The maximum atomic E-state index is 14.1. The number of ether oxygens (including phenoxy) is 3. The second-order valence-electron chi connectivity index (χ2n) is 14.8. The van der Waals surface area contributed by atoms with E-state index < -0.39 is 41.6 Å². The van der Waals surface area contributed by atoms with Crippen molar-refractivity contribution in [2.45, 2.75) is 97.1 Å². The van der Waals surface area contributed by atoms with Gasteiger partial charge in [-0.05, 0) is 85.1 Å². The van der Waals surface area contributed by atoms with E-state index in [0.29, 0.717) is 24.8 Å². The molecule has 2 amide bonds. The predicted molar refractivity (Wildman–Crippen MR) is 193 cm³/mol. The summed E-state index contributed by atoms with van der Waals surface area (Å²) in [7, 11) is 0. The lowest BCUT2D eigenvalue weighted by Gasteiger charge is -2.32. The smallest absolute Gasteiger partial charge is 0.418 e. The Hall–Kier alpha value is -4.54. The van der Waals surface area contributed by atoms with E-state index in [-0.39, 0.29) is 60.5 Å². The first-order valence-corrected chi connectivity index (χ1v) is 17.5. The standard InChI is InChI=1S/C29H31F3N6O6.C8H18O/c30-29(31,32)22-14-23(24(35-28(41)42)15-25(22)37-7-10-43-11-8-37)34-27(40)16-26(39)18-4-3-5-19(12-18)38-20(17-33-36-38)13-21-6-1-2-9-44-21;1-7(2,3)9-8(4,5)6/h3-5,12,14-15,17,21,35H,1-2,6-11,13,16H2,(H,34,40)(H,41,42);1-6H3. The number of halogens is 3. The van der Waals surface area contributed by atoms with Crippen molar-refractivity contribution in [1.82, 2.24) is 15.0 Å². The van der Waals surface area contributed by atoms with E-state index in [1.165, 1.54) is 11.0 Å². The molecular weight excluding hydrogens is 697 g/mol. The lowest BCUT2D eigenvalue weighted by Crippen LogP contribution is -2.37. The lowest BCUT2D eigenvalue weighted by atomic mass is 10.0. The third-order valence-electron chi connectivity index (χ3n) is 7.99. The van der Waals surface area contributed by atoms with Crippen molar-refractivity contribution >= 4 is 34.8 Å². The highest BCUT2D eigenvalue weighted by Crippen LogP contribution is 2.42. The van der Waals surface area contributed by atoms with Crippen LogP contribution in [0.3, 0.4) is 0 Å². The van der Waals surface area contributed by atoms with Crippen molar-refractivity contribution in [2.24, 2.45) is 0 Å². The number of hydrogen-bond acceptors (Lipinski definition) is 9. The maximum absolute atomic E-state index is 14.1. The summed E-state index contributed by atoms with van der Waals surface area (Å²) in [5.41, 5.74) is -0.535. The number of ketones is 1. The number of carboxylic acid groups (broad SMARTS) is 1. The Bertz CT molecular complexity index is 1710. The normalized spacial score (nSPS) is 16.7. The van der Waals surface area contributed by atoms with E-state index in [2.05, 4.69) is 57.2 Å². The summed E-state index contributed by atoms with van der Waals surface area (Å²) < 4.78 is 60.5. The number of carbonyl (C=O) groups is 3. The minimum absolute atomic E-state index is 0.0156. The Kier molecular flexibility index (Phi) is 13.6. The van der Waals surface area contributed by atoms with Crippen LogP contribution in [0.5, 0.6) is 0 Å². The van der Waals surface area contributed by atoms with Crippen molar-refractivity contribution in [3.05, 3.63) is 59.4 Å². The van der Waals surface area contributed by atoms with Gasteiger partial charge in [-0.25, -0.2) is 9.48 Å². The molecule has 13 nitrogen and oxygen atoms in total. The Morgan fingerprint density at radius 2 is 1.62 bits per heavy atom. The highest BCUT2D eigenvalue weighted by Gasteiger charge is 2.37. The van der Waals surface area contributed by atoms with Gasteiger partial charge in [0.05, 0.1) is 77.1 Å². The van der Waals surface area contributed by atoms with Gasteiger partial charge in [-0.1, -0.05) is 17.3 Å². The minimum Gasteiger partial charge on any atom is -0.465 e. The van der Waals surface area contributed by atoms with Gasteiger partial charge in [0.2, 0.25) is 5.91 Å². The van der Waals surface area contributed by atoms with Crippen LogP contribution in [-0.2, 0) is 31.6 Å². The van der Waals surface area contributed by atoms with Crippen LogP contribution in [0, 0.1) is 0 Å². The van der Waals surface area contributed by atoms with E-state index in [4.69, 9.17) is 14.2 Å². The molecule has 0 spiro atoms. The molecule has 0 saturated carbocycles. The SMILES string of the molecule is CC(C)(C)OC(C)(C)C.O=C(O)Nc1cc(N2CCOCC2)c(C(F)(F)F)cc1NC(=O)CC(=O)c1cccc(-n2nncc2CC2CCCCO2)c1. The van der Waals surface area contributed by atoms with E-state index >= 15 is 0 Å². The third kappa shape index (κ3) is 12.8. The van der Waals surface area contributed by atoms with Crippen LogP contribution in [0.4, 0.5) is 35.0 Å². The van der Waals surface area contributed by atoms with Gasteiger partial charge in [0.25, 0.3) is 0 Å². The van der Waals surface area contributed by atoms with Crippen LogP contribution in [0.25, 0.3) is 5.69 Å². The Labute approximate surface area is 307 Å². The van der Waals surface area contributed by atoms with Crippen LogP contribution >= 0.6 is 0 Å². The number of benzene rings is 2. The summed E-state index contributed by atoms with van der Waals surface area (Å²) in [6.07, 6.45) is -1.79. The second-order valence-corrected chi connectivity index (χ2v) is 14.8. The number of carbonyl (C=O) groups excluding carboxylic acids is 2. The van der Waals surface area contributed by atoms with Gasteiger partial charge in [0.15, 0.2) is 5.78 Å². The third-order valence-corrected chi connectivity index (χ3v) is 7.99. The summed E-state index contributed by atoms with van der Waals surface area (Å²) in [5.74, 6) is -1.52. The van der Waals surface area contributed by atoms with Gasteiger partial charge < -0.3 is 29.5 Å². The van der Waals surface area contributed by atoms with Crippen LogP contribution in [0.2, 0.25) is 0 Å². The van der Waals surface area contributed by atoms with Crippen molar-refractivity contribution in [1.29, 1.82) is 0 Å². The minimum atomic E-state index is -4.81. The zero-order valence-electron chi connectivity index (χ0n) is 31.0. The molecule has 1 atom stereocenters. The van der Waals surface area contributed by atoms with Crippen LogP contribution in [0.1, 0.15) is 88.8 Å². The number of anilines is 3. The van der Waals surface area contributed by atoms with Crippen molar-refractivity contribution < 1.29 is 46.9 Å². The first-order valence-electron chi connectivity index (χ1n) is 17.5. The quantitative estimate of drug-likeness (QED) is 0.152. The molecule has 1 unspecified atom stereocenters. The summed E-state index contributed by atoms with van der Waals surface area (Å²) in [5, 5.41) is 21.8. The van der Waals surface area contributed by atoms with E-state index in [0.717, 1.165) is 31.0 Å². The summed E-state index contributed by atoms with van der Waals surface area (Å²) in [6.45, 7) is 13.8. The number of nitrogens with zero attached hydrogens (tertiary/aromatic N) is 4. The monoisotopic (exact) mass is 746 g/mol. The fraction of sp³-hybridized carbons (Fsp3) is 0.541. The Morgan fingerprint density at radius 1 is 0.943 bits per heavy atom. The number of nitrogens with one attached hydrogen (secondary N) is 2. The van der Waals surface area contributed by atoms with E-state index in [1.807, 2.05) is 5.32 Å². The molecule has 3 N–H and O–H groups in total. The molecule has 3 aromatic rings. The average molecular weight is 747 g/mol. The van der Waals surface area contributed by atoms with E-state index in [1.54, 1.807) is 29.1 Å². The molecule has 2 aliphatic rings. The molecule has 3 heterocycles. The first kappa shape index (κ1) is 41.2. The zero-order chi connectivity index (χ0) is 39.0. The van der Waals surface area contributed by atoms with Gasteiger partial charge in [-0.15, -0.1) is 5.10 Å². The zero-order valence-corrected chi connectivity index (χ0v) is 31.0. The number of aromatic nitrogens is 3. The van der Waals surface area contributed by atoms with Gasteiger partial charge in [0.1, 0.15) is 0 Å². The molecule has 290 valence electrons. The largest absolute Gasteiger partial charge is 0.465 e. The molecule has 53 heavy (non-hydrogen) atoms. The van der Waals surface area contributed by atoms with Gasteiger partial charge in [-0.2, -0.15) is 13.2 Å². The Balaban J connectivity index is 0.000000618. The van der Waals surface area contributed by atoms with Crippen LogP contribution < -0.4 is 15.5 Å². The number of rotatable bonds is 9. The highest BCUT2D eigenvalue weighted by molar-refractivity contribution is 6.12. The molecule has 0 radical (unpaired) electrons. The molecule has 2 aromatic carbocycles. The highest BCUT2D eigenvalue weighted by atomic mass is 19.4. The fourth-order valence-electron chi connectivity index (χ4n) is 6.19. The van der Waals surface area contributed by atoms with Crippen LogP contribution in [-0.4, -0.2) is 88.1 Å². The number of hydrogen-bond donors (Lipinski definition) is 3. The summed E-state index contributed by atoms with van der Waals surface area (Å²) in [6, 6.07) is 8.10. The molecule has 1 aromatic heterocycles. The topological polar surface area (TPSA) is 157 Å². The van der Waals surface area contributed by atoms with Gasteiger partial charge in [0, 0.05) is 31.7 Å². The molecule has 0 aliphatic carbocycles. The average Bonchev–Trinajstić information content (AvgIpc) is 3.52. The van der Waals surface area contributed by atoms with Crippen molar-refractivity contribution in [3.8, 4) is 5.69 Å². The van der Waals surface area contributed by atoms with Gasteiger partial charge in [-0.3, -0.25) is 14.9 Å². The molecule has 2 fully saturated rings. The number of amides is 2. The number of morpholine rings is 1. The summed E-state index contributed by atoms with van der Waals surface area (Å²) >= 11 is 0. The molecule has 0 bridgehead atoms. The molecular formula is C37H49F3N6O7. The van der Waals surface area contributed by atoms with Crippen molar-refractivity contribution in [3.63, 3.8) is 0 Å². The predicted octanol–water partition coefficient (Wildman–Crippen LogP) is 7.14. The first-order chi connectivity index (χ1) is 24.8. The maximum Gasteiger partial charge on any atom is 0.418 e.